The van der Waals surface area contributed by atoms with E-state index in [1.807, 2.05) is 6.07 Å². The molecule has 0 saturated carbocycles. The van der Waals surface area contributed by atoms with Crippen molar-refractivity contribution in [1.29, 1.82) is 0 Å². The van der Waals surface area contributed by atoms with Crippen LogP contribution in [0.4, 0.5) is 0 Å². The maximum atomic E-state index is 6.27. The van der Waals surface area contributed by atoms with Gasteiger partial charge in [-0.05, 0) is 31.5 Å². The zero-order chi connectivity index (χ0) is 16.3. The molecular weight excluding hydrogens is 300 g/mol. The number of rotatable bonds is 6. The van der Waals surface area contributed by atoms with E-state index in [4.69, 9.17) is 21.1 Å². The van der Waals surface area contributed by atoms with Crippen LogP contribution in [-0.4, -0.2) is 50.3 Å². The van der Waals surface area contributed by atoms with E-state index in [-0.39, 0.29) is 0 Å². The first-order valence-electron chi connectivity index (χ1n) is 7.61. The van der Waals surface area contributed by atoms with E-state index in [9.17, 15) is 0 Å². The maximum Gasteiger partial charge on any atom is 0.150 e. The molecule has 1 fully saturated rings. The van der Waals surface area contributed by atoms with Gasteiger partial charge >= 0.3 is 0 Å². The molecule has 1 unspecified atom stereocenters. The highest BCUT2D eigenvalue weighted by Crippen LogP contribution is 2.41. The number of hydrogen-bond donors (Lipinski definition) is 0. The van der Waals surface area contributed by atoms with E-state index in [1.165, 1.54) is 6.42 Å². The average molecular weight is 325 g/mol. The van der Waals surface area contributed by atoms with E-state index in [1.54, 1.807) is 20.3 Å². The second-order valence-corrected chi connectivity index (χ2v) is 5.87. The van der Waals surface area contributed by atoms with Crippen molar-refractivity contribution in [2.75, 3.05) is 34.4 Å². The molecule has 122 valence electrons. The summed E-state index contributed by atoms with van der Waals surface area (Å²) in [4.78, 5) is 4.65. The van der Waals surface area contributed by atoms with Gasteiger partial charge in [0.25, 0.3) is 0 Å². The van der Waals surface area contributed by atoms with Crippen LogP contribution in [0.5, 0.6) is 11.5 Å². The lowest BCUT2D eigenvalue weighted by Crippen LogP contribution is -2.41. The lowest BCUT2D eigenvalue weighted by atomic mass is 10.1. The summed E-state index contributed by atoms with van der Waals surface area (Å²) in [5.74, 6) is 1.33. The van der Waals surface area contributed by atoms with Gasteiger partial charge in [0.15, 0.2) is 0 Å². The van der Waals surface area contributed by atoms with Crippen molar-refractivity contribution in [3.05, 3.63) is 29.3 Å². The Morgan fingerprint density at radius 3 is 2.73 bits per heavy atom. The molecule has 0 radical (unpaired) electrons. The van der Waals surface area contributed by atoms with Crippen molar-refractivity contribution in [2.45, 2.75) is 25.9 Å². The Hall–Kier alpha value is -1.39. The molecule has 0 aromatic heterocycles. The highest BCUT2D eigenvalue weighted by atomic mass is 35.5. The molecule has 2 rings (SSSR count). The molecule has 1 aliphatic heterocycles. The van der Waals surface area contributed by atoms with E-state index in [0.717, 1.165) is 36.5 Å². The van der Waals surface area contributed by atoms with E-state index in [0.29, 0.717) is 16.9 Å². The van der Waals surface area contributed by atoms with Crippen LogP contribution >= 0.6 is 11.6 Å². The third-order valence-electron chi connectivity index (χ3n) is 4.39. The third kappa shape index (κ3) is 3.03. The predicted molar refractivity (Wildman–Crippen MR) is 91.6 cm³/mol. The molecule has 1 aromatic rings. The number of methoxy groups -OCH3 is 2. The Bertz CT molecular complexity index is 548. The second kappa shape index (κ2) is 7.25. The van der Waals surface area contributed by atoms with Crippen molar-refractivity contribution in [2.24, 2.45) is 0 Å². The van der Waals surface area contributed by atoms with Crippen molar-refractivity contribution >= 4 is 17.3 Å². The molecule has 1 aliphatic rings. The van der Waals surface area contributed by atoms with Gasteiger partial charge in [-0.1, -0.05) is 25.1 Å². The van der Waals surface area contributed by atoms with Gasteiger partial charge in [0.2, 0.25) is 0 Å². The normalized spacial score (nSPS) is 18.3. The Morgan fingerprint density at radius 2 is 2.14 bits per heavy atom. The minimum Gasteiger partial charge on any atom is -0.496 e. The standard InChI is InChI=1S/C17H25ClN2O2/c1-6-20-11-7-8-15(20)19(3)12(2)16-14(21-4)10-9-13(18)17(16)22-5/h9-10,15H,2,6-8,11H2,1,3-5H3. The number of likely N-dealkylation sites (tertiary alicyclic amines) is 1. The first-order chi connectivity index (χ1) is 10.5. The van der Waals surface area contributed by atoms with Gasteiger partial charge in [-0.2, -0.15) is 0 Å². The van der Waals surface area contributed by atoms with Gasteiger partial charge in [-0.15, -0.1) is 0 Å². The monoisotopic (exact) mass is 324 g/mol. The van der Waals surface area contributed by atoms with Gasteiger partial charge in [0.05, 0.1) is 31.0 Å². The molecule has 0 aliphatic carbocycles. The van der Waals surface area contributed by atoms with Crippen LogP contribution in [0.25, 0.3) is 5.70 Å². The van der Waals surface area contributed by atoms with Gasteiger partial charge in [-0.3, -0.25) is 4.90 Å². The first kappa shape index (κ1) is 17.0. The van der Waals surface area contributed by atoms with Crippen LogP contribution in [-0.2, 0) is 0 Å². The van der Waals surface area contributed by atoms with Gasteiger partial charge < -0.3 is 14.4 Å². The molecule has 0 N–H and O–H groups in total. The zero-order valence-corrected chi connectivity index (χ0v) is 14.6. The topological polar surface area (TPSA) is 24.9 Å². The SMILES string of the molecule is C=C(c1c(OC)ccc(Cl)c1OC)N(C)C1CCCN1CC. The van der Waals surface area contributed by atoms with Gasteiger partial charge in [0.1, 0.15) is 11.5 Å². The summed E-state index contributed by atoms with van der Waals surface area (Å²) in [6.45, 7) is 8.63. The van der Waals surface area contributed by atoms with Crippen molar-refractivity contribution < 1.29 is 9.47 Å². The highest BCUT2D eigenvalue weighted by molar-refractivity contribution is 6.32. The zero-order valence-electron chi connectivity index (χ0n) is 13.9. The Labute approximate surface area is 138 Å². The van der Waals surface area contributed by atoms with Crippen LogP contribution < -0.4 is 9.47 Å². The highest BCUT2D eigenvalue weighted by Gasteiger charge is 2.29. The summed E-state index contributed by atoms with van der Waals surface area (Å²) in [7, 11) is 5.33. The minimum absolute atomic E-state index is 0.353. The summed E-state index contributed by atoms with van der Waals surface area (Å²) in [5, 5.41) is 0.562. The third-order valence-corrected chi connectivity index (χ3v) is 4.69. The summed E-state index contributed by atoms with van der Waals surface area (Å²) >= 11 is 6.27. The van der Waals surface area contributed by atoms with Gasteiger partial charge in [-0.25, -0.2) is 0 Å². The lowest BCUT2D eigenvalue weighted by Gasteiger charge is -2.35. The summed E-state index contributed by atoms with van der Waals surface area (Å²) in [6.07, 6.45) is 2.69. The van der Waals surface area contributed by atoms with E-state index >= 15 is 0 Å². The fraction of sp³-hybridized carbons (Fsp3) is 0.529. The molecule has 0 amide bonds. The molecule has 22 heavy (non-hydrogen) atoms. The van der Waals surface area contributed by atoms with Crippen LogP contribution in [0, 0.1) is 0 Å². The van der Waals surface area contributed by atoms with Crippen molar-refractivity contribution in [3.63, 3.8) is 0 Å². The smallest absolute Gasteiger partial charge is 0.150 e. The number of halogens is 1. The number of hydrogen-bond acceptors (Lipinski definition) is 4. The average Bonchev–Trinajstić information content (AvgIpc) is 3.01. The molecule has 1 heterocycles. The molecular formula is C17H25ClN2O2. The summed E-state index contributed by atoms with van der Waals surface area (Å²) in [5.41, 5.74) is 1.68. The Morgan fingerprint density at radius 1 is 1.41 bits per heavy atom. The van der Waals surface area contributed by atoms with Crippen LogP contribution in [0.2, 0.25) is 5.02 Å². The maximum absolute atomic E-state index is 6.27. The molecule has 4 nitrogen and oxygen atoms in total. The molecule has 1 saturated heterocycles. The minimum atomic E-state index is 0.353. The van der Waals surface area contributed by atoms with Gasteiger partial charge in [0, 0.05) is 19.3 Å². The first-order valence-corrected chi connectivity index (χ1v) is 7.99. The van der Waals surface area contributed by atoms with Crippen LogP contribution in [0.15, 0.2) is 18.7 Å². The van der Waals surface area contributed by atoms with Crippen molar-refractivity contribution in [3.8, 4) is 11.5 Å². The lowest BCUT2D eigenvalue weighted by molar-refractivity contribution is 0.151. The quantitative estimate of drug-likeness (QED) is 0.796. The molecule has 0 bridgehead atoms. The molecule has 1 atom stereocenters. The Balaban J connectivity index is 2.38. The second-order valence-electron chi connectivity index (χ2n) is 5.47. The number of nitrogens with zero attached hydrogens (tertiary/aromatic N) is 2. The van der Waals surface area contributed by atoms with E-state index in [2.05, 4.69) is 30.4 Å². The summed E-state index contributed by atoms with van der Waals surface area (Å²) < 4.78 is 11.0. The fourth-order valence-electron chi connectivity index (χ4n) is 3.15. The predicted octanol–water partition coefficient (Wildman–Crippen LogP) is 3.70. The molecule has 1 aromatic carbocycles. The van der Waals surface area contributed by atoms with Crippen LogP contribution in [0.3, 0.4) is 0 Å². The summed E-state index contributed by atoms with van der Waals surface area (Å²) in [6, 6.07) is 3.63. The van der Waals surface area contributed by atoms with Crippen LogP contribution in [0.1, 0.15) is 25.3 Å². The largest absolute Gasteiger partial charge is 0.496 e. The number of ether oxygens (including phenoxy) is 2. The fourth-order valence-corrected chi connectivity index (χ4v) is 3.39. The van der Waals surface area contributed by atoms with E-state index < -0.39 is 0 Å². The van der Waals surface area contributed by atoms with Crippen molar-refractivity contribution in [1.82, 2.24) is 9.80 Å². The molecule has 5 heteroatoms. The Kier molecular flexibility index (Phi) is 5.59. The number of benzene rings is 1. The molecule has 0 spiro atoms.